The van der Waals surface area contributed by atoms with E-state index in [1.807, 2.05) is 35.8 Å². The fraction of sp³-hybridized carbons (Fsp3) is 0.318. The van der Waals surface area contributed by atoms with Gasteiger partial charge >= 0.3 is 0 Å². The van der Waals surface area contributed by atoms with Crippen molar-refractivity contribution in [2.75, 3.05) is 0 Å². The SMILES string of the molecule is Fc1ccc(CC2CCCC(c3ccc(F)cc3)N2Cc2nccs2)cc1. The van der Waals surface area contributed by atoms with Crippen LogP contribution in [0.1, 0.15) is 41.4 Å². The van der Waals surface area contributed by atoms with Gasteiger partial charge in [-0.3, -0.25) is 4.90 Å². The van der Waals surface area contributed by atoms with Crippen LogP contribution in [-0.4, -0.2) is 15.9 Å². The van der Waals surface area contributed by atoms with Crippen molar-refractivity contribution < 1.29 is 8.78 Å². The van der Waals surface area contributed by atoms with E-state index in [9.17, 15) is 8.78 Å². The molecule has 2 heterocycles. The molecule has 1 aliphatic heterocycles. The number of piperidine rings is 1. The molecular formula is C22H22F2N2S. The first kappa shape index (κ1) is 18.3. The summed E-state index contributed by atoms with van der Waals surface area (Å²) in [7, 11) is 0. The fourth-order valence-electron chi connectivity index (χ4n) is 4.01. The Labute approximate surface area is 162 Å². The second-order valence-electron chi connectivity index (χ2n) is 7.08. The van der Waals surface area contributed by atoms with Crippen LogP contribution in [0.2, 0.25) is 0 Å². The highest BCUT2D eigenvalue weighted by molar-refractivity contribution is 7.09. The van der Waals surface area contributed by atoms with E-state index < -0.39 is 0 Å². The van der Waals surface area contributed by atoms with Crippen molar-refractivity contribution in [1.82, 2.24) is 9.88 Å². The van der Waals surface area contributed by atoms with Gasteiger partial charge in [0.05, 0.1) is 6.54 Å². The minimum absolute atomic E-state index is 0.203. The lowest BCUT2D eigenvalue weighted by Crippen LogP contribution is -2.42. The molecule has 4 rings (SSSR count). The van der Waals surface area contributed by atoms with Crippen molar-refractivity contribution in [3.8, 4) is 0 Å². The Kier molecular flexibility index (Phi) is 5.60. The van der Waals surface area contributed by atoms with E-state index in [-0.39, 0.29) is 17.7 Å². The molecule has 0 spiro atoms. The Morgan fingerprint density at radius 2 is 1.67 bits per heavy atom. The first-order valence-electron chi connectivity index (χ1n) is 9.33. The number of benzene rings is 2. The zero-order chi connectivity index (χ0) is 18.6. The van der Waals surface area contributed by atoms with Gasteiger partial charge in [-0.25, -0.2) is 13.8 Å². The molecule has 27 heavy (non-hydrogen) atoms. The van der Waals surface area contributed by atoms with Crippen molar-refractivity contribution in [2.45, 2.75) is 44.3 Å². The Hall–Kier alpha value is -2.11. The summed E-state index contributed by atoms with van der Waals surface area (Å²) in [6.07, 6.45) is 5.99. The molecular weight excluding hydrogens is 362 g/mol. The van der Waals surface area contributed by atoms with Crippen molar-refractivity contribution >= 4 is 11.3 Å². The monoisotopic (exact) mass is 384 g/mol. The number of hydrogen-bond donors (Lipinski definition) is 0. The molecule has 0 N–H and O–H groups in total. The van der Waals surface area contributed by atoms with E-state index in [1.54, 1.807) is 23.5 Å². The Bertz CT molecular complexity index is 847. The number of hydrogen-bond acceptors (Lipinski definition) is 3. The molecule has 2 nitrogen and oxygen atoms in total. The lowest BCUT2D eigenvalue weighted by molar-refractivity contribution is 0.0737. The standard InChI is InChI=1S/C22H22F2N2S/c23-18-8-4-16(5-9-18)14-20-2-1-3-21(17-6-10-19(24)11-7-17)26(20)15-22-25-12-13-27-22/h4-13,20-21H,1-3,14-15H2. The summed E-state index contributed by atoms with van der Waals surface area (Å²) < 4.78 is 26.7. The molecule has 0 bridgehead atoms. The van der Waals surface area contributed by atoms with Crippen LogP contribution in [0.4, 0.5) is 8.78 Å². The van der Waals surface area contributed by atoms with Crippen LogP contribution in [0.5, 0.6) is 0 Å². The first-order chi connectivity index (χ1) is 13.2. The topological polar surface area (TPSA) is 16.1 Å². The van der Waals surface area contributed by atoms with Crippen LogP contribution < -0.4 is 0 Å². The summed E-state index contributed by atoms with van der Waals surface area (Å²) >= 11 is 1.66. The highest BCUT2D eigenvalue weighted by Gasteiger charge is 2.32. The first-order valence-corrected chi connectivity index (χ1v) is 10.2. The number of thiazole rings is 1. The summed E-state index contributed by atoms with van der Waals surface area (Å²) in [6.45, 7) is 0.783. The van der Waals surface area contributed by atoms with E-state index in [1.165, 1.54) is 12.1 Å². The molecule has 1 saturated heterocycles. The van der Waals surface area contributed by atoms with Gasteiger partial charge in [0.25, 0.3) is 0 Å². The quantitative estimate of drug-likeness (QED) is 0.556. The van der Waals surface area contributed by atoms with Crippen molar-refractivity contribution in [3.63, 3.8) is 0 Å². The number of nitrogens with zero attached hydrogens (tertiary/aromatic N) is 2. The zero-order valence-corrected chi connectivity index (χ0v) is 15.8. The average molecular weight is 384 g/mol. The van der Waals surface area contributed by atoms with Crippen LogP contribution in [0.3, 0.4) is 0 Å². The smallest absolute Gasteiger partial charge is 0.123 e. The van der Waals surface area contributed by atoms with Gasteiger partial charge in [-0.05, 0) is 61.1 Å². The van der Waals surface area contributed by atoms with E-state index in [4.69, 9.17) is 0 Å². The number of likely N-dealkylation sites (tertiary alicyclic amines) is 1. The number of rotatable bonds is 5. The minimum Gasteiger partial charge on any atom is -0.286 e. The third-order valence-electron chi connectivity index (χ3n) is 5.32. The summed E-state index contributed by atoms with van der Waals surface area (Å²) in [6, 6.07) is 14.3. The summed E-state index contributed by atoms with van der Waals surface area (Å²) in [5, 5.41) is 3.09. The molecule has 140 valence electrons. The van der Waals surface area contributed by atoms with Crippen molar-refractivity contribution in [3.05, 3.63) is 87.9 Å². The van der Waals surface area contributed by atoms with Gasteiger partial charge in [0, 0.05) is 23.7 Å². The fourth-order valence-corrected chi connectivity index (χ4v) is 4.64. The van der Waals surface area contributed by atoms with Gasteiger partial charge < -0.3 is 0 Å². The van der Waals surface area contributed by atoms with Gasteiger partial charge in [0.2, 0.25) is 0 Å². The number of aromatic nitrogens is 1. The lowest BCUT2D eigenvalue weighted by atomic mass is 9.88. The molecule has 5 heteroatoms. The maximum Gasteiger partial charge on any atom is 0.123 e. The molecule has 1 fully saturated rings. The molecule has 2 aromatic carbocycles. The normalized spacial score (nSPS) is 20.7. The van der Waals surface area contributed by atoms with Gasteiger partial charge in [-0.2, -0.15) is 0 Å². The van der Waals surface area contributed by atoms with Gasteiger partial charge in [0.15, 0.2) is 0 Å². The van der Waals surface area contributed by atoms with Crippen LogP contribution in [-0.2, 0) is 13.0 Å². The van der Waals surface area contributed by atoms with Gasteiger partial charge in [0.1, 0.15) is 16.6 Å². The molecule has 3 aromatic rings. The number of halogens is 2. The zero-order valence-electron chi connectivity index (χ0n) is 15.0. The third kappa shape index (κ3) is 4.42. The van der Waals surface area contributed by atoms with Crippen LogP contribution in [0.15, 0.2) is 60.1 Å². The van der Waals surface area contributed by atoms with E-state index in [0.717, 1.165) is 48.4 Å². The van der Waals surface area contributed by atoms with E-state index in [2.05, 4.69) is 9.88 Å². The molecule has 1 aromatic heterocycles. The Morgan fingerprint density at radius 3 is 2.33 bits per heavy atom. The largest absolute Gasteiger partial charge is 0.286 e. The maximum absolute atomic E-state index is 13.4. The molecule has 0 aliphatic carbocycles. The van der Waals surface area contributed by atoms with Gasteiger partial charge in [-0.1, -0.05) is 24.3 Å². The summed E-state index contributed by atoms with van der Waals surface area (Å²) in [5.41, 5.74) is 2.29. The van der Waals surface area contributed by atoms with E-state index >= 15 is 0 Å². The Morgan fingerprint density at radius 1 is 0.963 bits per heavy atom. The maximum atomic E-state index is 13.4. The molecule has 2 unspecified atom stereocenters. The molecule has 2 atom stereocenters. The minimum atomic E-state index is -0.205. The average Bonchev–Trinajstić information content (AvgIpc) is 3.19. The summed E-state index contributed by atoms with van der Waals surface area (Å²) in [5.74, 6) is -0.407. The molecule has 0 saturated carbocycles. The second kappa shape index (κ2) is 8.28. The molecule has 0 radical (unpaired) electrons. The van der Waals surface area contributed by atoms with Crippen LogP contribution in [0, 0.1) is 11.6 Å². The molecule has 0 amide bonds. The van der Waals surface area contributed by atoms with Crippen LogP contribution in [0.25, 0.3) is 0 Å². The predicted molar refractivity (Wildman–Crippen MR) is 105 cm³/mol. The lowest BCUT2D eigenvalue weighted by Gasteiger charge is -2.42. The van der Waals surface area contributed by atoms with Crippen molar-refractivity contribution in [1.29, 1.82) is 0 Å². The third-order valence-corrected chi connectivity index (χ3v) is 6.09. The highest BCUT2D eigenvalue weighted by Crippen LogP contribution is 2.37. The van der Waals surface area contributed by atoms with Crippen molar-refractivity contribution in [2.24, 2.45) is 0 Å². The molecule has 1 aliphatic rings. The summed E-state index contributed by atoms with van der Waals surface area (Å²) in [4.78, 5) is 6.97. The predicted octanol–water partition coefficient (Wildman–Crippen LogP) is 5.76. The van der Waals surface area contributed by atoms with Crippen LogP contribution >= 0.6 is 11.3 Å². The van der Waals surface area contributed by atoms with Gasteiger partial charge in [-0.15, -0.1) is 11.3 Å². The second-order valence-corrected chi connectivity index (χ2v) is 8.06. The Balaban J connectivity index is 1.61. The van der Waals surface area contributed by atoms with E-state index in [0.29, 0.717) is 6.04 Å². The highest BCUT2D eigenvalue weighted by atomic mass is 32.1.